The number of hydrogen-bond acceptors (Lipinski definition) is 3. The van der Waals surface area contributed by atoms with E-state index in [1.54, 1.807) is 0 Å². The van der Waals surface area contributed by atoms with Gasteiger partial charge in [0.05, 0.1) is 5.71 Å². The van der Waals surface area contributed by atoms with Gasteiger partial charge < -0.3 is 4.79 Å². The molecule has 1 aliphatic rings. The summed E-state index contributed by atoms with van der Waals surface area (Å²) in [5.74, 6) is 0. The number of aldehydes is 1. The zero-order valence-corrected chi connectivity index (χ0v) is 10.4. The van der Waals surface area contributed by atoms with Crippen LogP contribution < -0.4 is 5.43 Å². The average Bonchev–Trinajstić information content (AvgIpc) is 2.97. The topological polar surface area (TPSA) is 41.5 Å². The third-order valence-electron chi connectivity index (χ3n) is 3.25. The highest BCUT2D eigenvalue weighted by atomic mass is 16.1. The summed E-state index contributed by atoms with van der Waals surface area (Å²) in [5.41, 5.74) is 7.19. The van der Waals surface area contributed by atoms with E-state index in [4.69, 9.17) is 0 Å². The standard InChI is InChI=1S/C16H14N2O/c19-11-15-10-16(18-17-15)14-8-4-7-13(9-14)12-5-2-1-3-6-12/h1-9,11,15,17H,10H2. The van der Waals surface area contributed by atoms with Gasteiger partial charge in [0.15, 0.2) is 0 Å². The molecule has 0 radical (unpaired) electrons. The number of nitrogens with zero attached hydrogens (tertiary/aromatic N) is 1. The molecule has 94 valence electrons. The smallest absolute Gasteiger partial charge is 0.144 e. The van der Waals surface area contributed by atoms with Gasteiger partial charge in [0.25, 0.3) is 0 Å². The second-order valence-electron chi connectivity index (χ2n) is 4.58. The van der Waals surface area contributed by atoms with Crippen LogP contribution >= 0.6 is 0 Å². The summed E-state index contributed by atoms with van der Waals surface area (Å²) < 4.78 is 0. The number of benzene rings is 2. The summed E-state index contributed by atoms with van der Waals surface area (Å²) in [5, 5.41) is 4.23. The zero-order chi connectivity index (χ0) is 13.1. The molecule has 3 rings (SSSR count). The fraction of sp³-hybridized carbons (Fsp3) is 0.125. The Balaban J connectivity index is 1.91. The van der Waals surface area contributed by atoms with E-state index in [0.29, 0.717) is 6.42 Å². The van der Waals surface area contributed by atoms with E-state index in [9.17, 15) is 4.79 Å². The van der Waals surface area contributed by atoms with Gasteiger partial charge in [-0.05, 0) is 22.8 Å². The van der Waals surface area contributed by atoms with Crippen molar-refractivity contribution in [2.75, 3.05) is 0 Å². The summed E-state index contributed by atoms with van der Waals surface area (Å²) in [6.45, 7) is 0. The minimum atomic E-state index is -0.185. The van der Waals surface area contributed by atoms with E-state index in [-0.39, 0.29) is 6.04 Å². The van der Waals surface area contributed by atoms with E-state index in [0.717, 1.165) is 23.1 Å². The Kier molecular flexibility index (Phi) is 3.11. The van der Waals surface area contributed by atoms with Gasteiger partial charge in [0.1, 0.15) is 12.3 Å². The van der Waals surface area contributed by atoms with Gasteiger partial charge in [0, 0.05) is 6.42 Å². The quantitative estimate of drug-likeness (QED) is 0.851. The molecule has 0 amide bonds. The normalized spacial score (nSPS) is 17.7. The van der Waals surface area contributed by atoms with Crippen molar-refractivity contribution in [3.63, 3.8) is 0 Å². The third-order valence-corrected chi connectivity index (χ3v) is 3.25. The highest BCUT2D eigenvalue weighted by molar-refractivity contribution is 6.04. The van der Waals surface area contributed by atoms with Gasteiger partial charge in [-0.25, -0.2) is 0 Å². The van der Waals surface area contributed by atoms with E-state index < -0.39 is 0 Å². The first-order chi connectivity index (χ1) is 9.36. The van der Waals surface area contributed by atoms with Crippen LogP contribution in [-0.4, -0.2) is 18.0 Å². The summed E-state index contributed by atoms with van der Waals surface area (Å²) in [6, 6.07) is 18.3. The maximum atomic E-state index is 10.7. The number of carbonyl (C=O) groups is 1. The number of hydrazone groups is 1. The van der Waals surface area contributed by atoms with Crippen LogP contribution in [0.15, 0.2) is 59.7 Å². The highest BCUT2D eigenvalue weighted by Crippen LogP contribution is 2.21. The summed E-state index contributed by atoms with van der Waals surface area (Å²) in [7, 11) is 0. The van der Waals surface area contributed by atoms with Crippen molar-refractivity contribution in [2.24, 2.45) is 5.10 Å². The molecule has 0 bridgehead atoms. The van der Waals surface area contributed by atoms with Gasteiger partial charge in [-0.3, -0.25) is 5.43 Å². The zero-order valence-electron chi connectivity index (χ0n) is 10.4. The van der Waals surface area contributed by atoms with Crippen molar-refractivity contribution in [3.8, 4) is 11.1 Å². The molecule has 1 atom stereocenters. The first-order valence-corrected chi connectivity index (χ1v) is 6.30. The van der Waals surface area contributed by atoms with E-state index in [2.05, 4.69) is 34.8 Å². The van der Waals surface area contributed by atoms with E-state index in [1.165, 1.54) is 5.56 Å². The second-order valence-corrected chi connectivity index (χ2v) is 4.58. The van der Waals surface area contributed by atoms with Crippen molar-refractivity contribution in [1.82, 2.24) is 5.43 Å². The van der Waals surface area contributed by atoms with Gasteiger partial charge in [-0.2, -0.15) is 5.10 Å². The van der Waals surface area contributed by atoms with Crippen LogP contribution in [0.1, 0.15) is 12.0 Å². The van der Waals surface area contributed by atoms with Crippen LogP contribution in [0.3, 0.4) is 0 Å². The molecular formula is C16H14N2O. The maximum Gasteiger partial charge on any atom is 0.144 e. The molecule has 2 aromatic rings. The number of hydrogen-bond donors (Lipinski definition) is 1. The Bertz CT molecular complexity index is 620. The first-order valence-electron chi connectivity index (χ1n) is 6.30. The molecule has 1 unspecified atom stereocenters. The largest absolute Gasteiger partial charge is 0.301 e. The van der Waals surface area contributed by atoms with Crippen LogP contribution in [0.2, 0.25) is 0 Å². The lowest BCUT2D eigenvalue weighted by Gasteiger charge is -2.05. The molecule has 0 spiro atoms. The third kappa shape index (κ3) is 2.40. The van der Waals surface area contributed by atoms with Gasteiger partial charge in [-0.15, -0.1) is 0 Å². The highest BCUT2D eigenvalue weighted by Gasteiger charge is 2.18. The van der Waals surface area contributed by atoms with Crippen LogP contribution in [-0.2, 0) is 4.79 Å². The van der Waals surface area contributed by atoms with E-state index in [1.807, 2.05) is 30.3 Å². The number of carbonyl (C=O) groups excluding carboxylic acids is 1. The second kappa shape index (κ2) is 5.06. The van der Waals surface area contributed by atoms with Crippen molar-refractivity contribution < 1.29 is 4.79 Å². The van der Waals surface area contributed by atoms with Crippen LogP contribution in [0.4, 0.5) is 0 Å². The van der Waals surface area contributed by atoms with Gasteiger partial charge in [-0.1, -0.05) is 48.5 Å². The van der Waals surface area contributed by atoms with Crippen LogP contribution in [0.25, 0.3) is 11.1 Å². The summed E-state index contributed by atoms with van der Waals surface area (Å²) >= 11 is 0. The average molecular weight is 250 g/mol. The Morgan fingerprint density at radius 1 is 1.00 bits per heavy atom. The van der Waals surface area contributed by atoms with Crippen LogP contribution in [0, 0.1) is 0 Å². The molecule has 1 heterocycles. The number of nitrogens with one attached hydrogen (secondary N) is 1. The lowest BCUT2D eigenvalue weighted by atomic mass is 9.99. The fourth-order valence-electron chi connectivity index (χ4n) is 2.23. The molecule has 2 aromatic carbocycles. The summed E-state index contributed by atoms with van der Waals surface area (Å²) in [4.78, 5) is 10.7. The molecule has 3 heteroatoms. The molecule has 1 N–H and O–H groups in total. The Labute approximate surface area is 112 Å². The lowest BCUT2D eigenvalue weighted by Crippen LogP contribution is -2.20. The molecule has 0 aliphatic carbocycles. The predicted molar refractivity (Wildman–Crippen MR) is 76.0 cm³/mol. The Morgan fingerprint density at radius 3 is 2.47 bits per heavy atom. The Morgan fingerprint density at radius 2 is 1.74 bits per heavy atom. The molecule has 0 fully saturated rings. The molecule has 0 saturated carbocycles. The van der Waals surface area contributed by atoms with Gasteiger partial charge >= 0.3 is 0 Å². The maximum absolute atomic E-state index is 10.7. The molecule has 3 nitrogen and oxygen atoms in total. The van der Waals surface area contributed by atoms with Crippen molar-refractivity contribution in [2.45, 2.75) is 12.5 Å². The Hall–Kier alpha value is -2.42. The SMILES string of the molecule is O=CC1CC(c2cccc(-c3ccccc3)c2)=NN1. The minimum Gasteiger partial charge on any atom is -0.301 e. The van der Waals surface area contributed by atoms with Crippen molar-refractivity contribution >= 4 is 12.0 Å². The molecule has 0 saturated heterocycles. The first kappa shape index (κ1) is 11.7. The number of rotatable bonds is 3. The molecule has 1 aliphatic heterocycles. The van der Waals surface area contributed by atoms with Crippen molar-refractivity contribution in [1.29, 1.82) is 0 Å². The van der Waals surface area contributed by atoms with Gasteiger partial charge in [0.2, 0.25) is 0 Å². The predicted octanol–water partition coefficient (Wildman–Crippen LogP) is 2.62. The van der Waals surface area contributed by atoms with Crippen molar-refractivity contribution in [3.05, 3.63) is 60.2 Å². The minimum absolute atomic E-state index is 0.185. The molecular weight excluding hydrogens is 236 g/mol. The lowest BCUT2D eigenvalue weighted by molar-refractivity contribution is -0.109. The molecule has 19 heavy (non-hydrogen) atoms. The molecule has 0 aromatic heterocycles. The summed E-state index contributed by atoms with van der Waals surface area (Å²) in [6.07, 6.45) is 1.55. The van der Waals surface area contributed by atoms with E-state index >= 15 is 0 Å². The monoisotopic (exact) mass is 250 g/mol. The fourth-order valence-corrected chi connectivity index (χ4v) is 2.23. The van der Waals surface area contributed by atoms with Crippen LogP contribution in [0.5, 0.6) is 0 Å².